The highest BCUT2D eigenvalue weighted by atomic mass is 35.5. The summed E-state index contributed by atoms with van der Waals surface area (Å²) in [5, 5.41) is 10.4. The van der Waals surface area contributed by atoms with Crippen molar-refractivity contribution < 1.29 is 4.79 Å². The molecule has 0 aliphatic rings. The maximum atomic E-state index is 12.1. The first kappa shape index (κ1) is 14.6. The van der Waals surface area contributed by atoms with Crippen molar-refractivity contribution in [2.75, 3.05) is 6.54 Å². The van der Waals surface area contributed by atoms with Gasteiger partial charge in [0.2, 0.25) is 0 Å². The Morgan fingerprint density at radius 2 is 2.05 bits per heavy atom. The van der Waals surface area contributed by atoms with Gasteiger partial charge in [-0.1, -0.05) is 43.5 Å². The van der Waals surface area contributed by atoms with E-state index >= 15 is 0 Å². The van der Waals surface area contributed by atoms with Gasteiger partial charge in [-0.15, -0.1) is 0 Å². The minimum absolute atomic E-state index is 0.0974. The lowest BCUT2D eigenvalue weighted by molar-refractivity contribution is 0.0953. The number of carbonyl (C=O) groups is 1. The van der Waals surface area contributed by atoms with E-state index in [-0.39, 0.29) is 5.91 Å². The molecule has 20 heavy (non-hydrogen) atoms. The van der Waals surface area contributed by atoms with Crippen LogP contribution in [0.4, 0.5) is 0 Å². The van der Waals surface area contributed by atoms with E-state index < -0.39 is 0 Å². The van der Waals surface area contributed by atoms with Gasteiger partial charge in [-0.05, 0) is 18.6 Å². The predicted molar refractivity (Wildman–Crippen MR) is 80.9 cm³/mol. The number of aromatic amines is 1. The van der Waals surface area contributed by atoms with Crippen molar-refractivity contribution in [3.05, 3.63) is 41.0 Å². The number of H-pyrrole nitrogens is 1. The Morgan fingerprint density at radius 3 is 2.75 bits per heavy atom. The Hall–Kier alpha value is -1.81. The van der Waals surface area contributed by atoms with E-state index in [2.05, 4.69) is 22.4 Å². The van der Waals surface area contributed by atoms with Crippen LogP contribution in [0.3, 0.4) is 0 Å². The minimum Gasteiger partial charge on any atom is -0.352 e. The summed E-state index contributed by atoms with van der Waals surface area (Å²) in [5.74, 6) is -0.0974. The Balaban J connectivity index is 2.08. The van der Waals surface area contributed by atoms with Gasteiger partial charge in [-0.3, -0.25) is 9.89 Å². The average Bonchev–Trinajstić information content (AvgIpc) is 2.93. The summed E-state index contributed by atoms with van der Waals surface area (Å²) in [6.07, 6.45) is 4.81. The van der Waals surface area contributed by atoms with Crippen LogP contribution in [0.15, 0.2) is 30.5 Å². The quantitative estimate of drug-likeness (QED) is 0.798. The van der Waals surface area contributed by atoms with Crippen LogP contribution in [0, 0.1) is 0 Å². The SMILES string of the molecule is CCCCCNC(=O)c1cn[nH]c1-c1ccc(Cl)cc1. The first-order chi connectivity index (χ1) is 9.72. The first-order valence-corrected chi connectivity index (χ1v) is 7.17. The minimum atomic E-state index is -0.0974. The highest BCUT2D eigenvalue weighted by Gasteiger charge is 2.14. The fourth-order valence-corrected chi connectivity index (χ4v) is 2.09. The Morgan fingerprint density at radius 1 is 1.30 bits per heavy atom. The first-order valence-electron chi connectivity index (χ1n) is 6.80. The summed E-state index contributed by atoms with van der Waals surface area (Å²) in [6.45, 7) is 2.83. The zero-order chi connectivity index (χ0) is 14.4. The lowest BCUT2D eigenvalue weighted by Gasteiger charge is -2.05. The fraction of sp³-hybridized carbons (Fsp3) is 0.333. The maximum Gasteiger partial charge on any atom is 0.255 e. The summed E-state index contributed by atoms with van der Waals surface area (Å²) in [4.78, 5) is 12.1. The van der Waals surface area contributed by atoms with Crippen LogP contribution in [0.25, 0.3) is 11.3 Å². The molecule has 0 fully saturated rings. The van der Waals surface area contributed by atoms with Gasteiger partial charge in [0.1, 0.15) is 0 Å². The molecule has 1 amide bonds. The van der Waals surface area contributed by atoms with E-state index in [1.54, 1.807) is 18.3 Å². The molecular formula is C15H18ClN3O. The summed E-state index contributed by atoms with van der Waals surface area (Å²) in [5.41, 5.74) is 2.17. The van der Waals surface area contributed by atoms with Crippen molar-refractivity contribution in [1.82, 2.24) is 15.5 Å². The van der Waals surface area contributed by atoms with E-state index in [0.717, 1.165) is 30.5 Å². The van der Waals surface area contributed by atoms with E-state index in [4.69, 9.17) is 11.6 Å². The Kier molecular flexibility index (Phi) is 5.18. The molecule has 1 aromatic carbocycles. The predicted octanol–water partition coefficient (Wildman–Crippen LogP) is 3.65. The van der Waals surface area contributed by atoms with Crippen molar-refractivity contribution in [3.63, 3.8) is 0 Å². The molecule has 0 aliphatic carbocycles. The van der Waals surface area contributed by atoms with Crippen LogP contribution in [0.5, 0.6) is 0 Å². The molecule has 0 spiro atoms. The zero-order valence-electron chi connectivity index (χ0n) is 11.4. The number of benzene rings is 1. The standard InChI is InChI=1S/C15H18ClN3O/c1-2-3-4-9-17-15(20)13-10-18-19-14(13)11-5-7-12(16)8-6-11/h5-8,10H,2-4,9H2,1H3,(H,17,20)(H,18,19). The van der Waals surface area contributed by atoms with Gasteiger partial charge in [0.15, 0.2) is 0 Å². The number of hydrogen-bond donors (Lipinski definition) is 2. The number of unbranched alkanes of at least 4 members (excludes halogenated alkanes) is 2. The summed E-state index contributed by atoms with van der Waals surface area (Å²) < 4.78 is 0. The van der Waals surface area contributed by atoms with Crippen LogP contribution in [0.2, 0.25) is 5.02 Å². The normalized spacial score (nSPS) is 10.5. The van der Waals surface area contributed by atoms with Gasteiger partial charge in [0, 0.05) is 17.1 Å². The second-order valence-corrected chi connectivity index (χ2v) is 5.07. The second-order valence-electron chi connectivity index (χ2n) is 4.63. The molecule has 0 bridgehead atoms. The number of halogens is 1. The second kappa shape index (κ2) is 7.10. The molecule has 0 saturated carbocycles. The monoisotopic (exact) mass is 291 g/mol. The largest absolute Gasteiger partial charge is 0.352 e. The third-order valence-corrected chi connectivity index (χ3v) is 3.33. The molecule has 0 radical (unpaired) electrons. The fourth-order valence-electron chi connectivity index (χ4n) is 1.97. The molecule has 2 aromatic rings. The molecule has 0 aliphatic heterocycles. The molecular weight excluding hydrogens is 274 g/mol. The van der Waals surface area contributed by atoms with Crippen molar-refractivity contribution >= 4 is 17.5 Å². The number of nitrogens with one attached hydrogen (secondary N) is 2. The van der Waals surface area contributed by atoms with E-state index in [1.165, 1.54) is 0 Å². The Labute approximate surface area is 123 Å². The maximum absolute atomic E-state index is 12.1. The van der Waals surface area contributed by atoms with E-state index in [1.807, 2.05) is 12.1 Å². The highest BCUT2D eigenvalue weighted by molar-refractivity contribution is 6.30. The lowest BCUT2D eigenvalue weighted by atomic mass is 10.1. The third kappa shape index (κ3) is 3.61. The van der Waals surface area contributed by atoms with Crippen LogP contribution in [0.1, 0.15) is 36.5 Å². The number of nitrogens with zero attached hydrogens (tertiary/aromatic N) is 1. The third-order valence-electron chi connectivity index (χ3n) is 3.08. The van der Waals surface area contributed by atoms with Gasteiger partial charge < -0.3 is 5.32 Å². The number of aromatic nitrogens is 2. The zero-order valence-corrected chi connectivity index (χ0v) is 12.2. The van der Waals surface area contributed by atoms with Crippen molar-refractivity contribution in [2.24, 2.45) is 0 Å². The van der Waals surface area contributed by atoms with Crippen LogP contribution in [-0.2, 0) is 0 Å². The molecule has 1 heterocycles. The van der Waals surface area contributed by atoms with E-state index in [0.29, 0.717) is 17.1 Å². The van der Waals surface area contributed by atoms with Gasteiger partial charge in [-0.2, -0.15) is 5.10 Å². The van der Waals surface area contributed by atoms with Crippen LogP contribution < -0.4 is 5.32 Å². The molecule has 0 atom stereocenters. The van der Waals surface area contributed by atoms with Gasteiger partial charge in [0.05, 0.1) is 17.5 Å². The van der Waals surface area contributed by atoms with Crippen molar-refractivity contribution in [2.45, 2.75) is 26.2 Å². The number of rotatable bonds is 6. The smallest absolute Gasteiger partial charge is 0.255 e. The van der Waals surface area contributed by atoms with Crippen molar-refractivity contribution in [3.8, 4) is 11.3 Å². The highest BCUT2D eigenvalue weighted by Crippen LogP contribution is 2.22. The average molecular weight is 292 g/mol. The molecule has 0 unspecified atom stereocenters. The topological polar surface area (TPSA) is 57.8 Å². The number of amides is 1. The summed E-state index contributed by atoms with van der Waals surface area (Å²) in [7, 11) is 0. The van der Waals surface area contributed by atoms with Gasteiger partial charge in [0.25, 0.3) is 5.91 Å². The van der Waals surface area contributed by atoms with Crippen molar-refractivity contribution in [1.29, 1.82) is 0 Å². The lowest BCUT2D eigenvalue weighted by Crippen LogP contribution is -2.24. The summed E-state index contributed by atoms with van der Waals surface area (Å²) >= 11 is 5.87. The molecule has 4 nitrogen and oxygen atoms in total. The molecule has 0 saturated heterocycles. The van der Waals surface area contributed by atoms with E-state index in [9.17, 15) is 4.79 Å². The molecule has 2 rings (SSSR count). The molecule has 5 heteroatoms. The van der Waals surface area contributed by atoms with Crippen LogP contribution >= 0.6 is 11.6 Å². The van der Waals surface area contributed by atoms with Gasteiger partial charge in [-0.25, -0.2) is 0 Å². The number of carbonyl (C=O) groups excluding carboxylic acids is 1. The summed E-state index contributed by atoms with van der Waals surface area (Å²) in [6, 6.07) is 7.31. The molecule has 1 aromatic heterocycles. The molecule has 106 valence electrons. The van der Waals surface area contributed by atoms with Crippen LogP contribution in [-0.4, -0.2) is 22.6 Å². The molecule has 2 N–H and O–H groups in total. The van der Waals surface area contributed by atoms with Gasteiger partial charge >= 0.3 is 0 Å². The number of hydrogen-bond acceptors (Lipinski definition) is 2. The Bertz CT molecular complexity index is 563.